The number of hydrogen-bond acceptors (Lipinski definition) is 1. The van der Waals surface area contributed by atoms with Crippen molar-refractivity contribution in [2.45, 2.75) is 25.7 Å². The van der Waals surface area contributed by atoms with Crippen LogP contribution in [0.15, 0.2) is 108 Å². The summed E-state index contributed by atoms with van der Waals surface area (Å²) in [5, 5.41) is 9.73. The summed E-state index contributed by atoms with van der Waals surface area (Å²) in [4.78, 5) is 0. The van der Waals surface area contributed by atoms with Crippen LogP contribution in [-0.4, -0.2) is 0 Å². The van der Waals surface area contributed by atoms with E-state index in [1.165, 1.54) is 47.2 Å². The standard InChI is InChI=1S/C18H16.C6H6.C4H4S/c1-3-7-15-13(5-1)9-11-18-16-8-4-2-6-14(16)10-12-17(15)18;1-2-4-6-5-3-1;1-2-4-5-3-1/h1,3,5,7,9-12H,2,4,6,8H2;1-6H;1-4H. The summed E-state index contributed by atoms with van der Waals surface area (Å²) in [5.74, 6) is 0. The van der Waals surface area contributed by atoms with Gasteiger partial charge in [0.15, 0.2) is 0 Å². The maximum absolute atomic E-state index is 2.35. The highest BCUT2D eigenvalue weighted by atomic mass is 32.1. The summed E-state index contributed by atoms with van der Waals surface area (Å²) < 4.78 is 0. The van der Waals surface area contributed by atoms with E-state index in [1.807, 2.05) is 59.3 Å². The van der Waals surface area contributed by atoms with Crippen molar-refractivity contribution in [3.8, 4) is 0 Å². The third-order valence-electron chi connectivity index (χ3n) is 5.35. The molecule has 1 aromatic heterocycles. The van der Waals surface area contributed by atoms with Gasteiger partial charge in [-0.1, -0.05) is 97.1 Å². The molecule has 0 fully saturated rings. The van der Waals surface area contributed by atoms with Crippen LogP contribution in [-0.2, 0) is 12.8 Å². The van der Waals surface area contributed by atoms with Gasteiger partial charge in [0.1, 0.15) is 0 Å². The second kappa shape index (κ2) is 10.0. The van der Waals surface area contributed by atoms with E-state index < -0.39 is 0 Å². The molecule has 0 amide bonds. The molecule has 6 rings (SSSR count). The van der Waals surface area contributed by atoms with Gasteiger partial charge in [-0.05, 0) is 69.1 Å². The monoisotopic (exact) mass is 394 g/mol. The summed E-state index contributed by atoms with van der Waals surface area (Å²) in [7, 11) is 0. The van der Waals surface area contributed by atoms with Crippen molar-refractivity contribution < 1.29 is 0 Å². The minimum absolute atomic E-state index is 1.25. The summed E-state index contributed by atoms with van der Waals surface area (Å²) in [6, 6.07) is 34.0. The van der Waals surface area contributed by atoms with Crippen LogP contribution in [0.2, 0.25) is 0 Å². The van der Waals surface area contributed by atoms with Gasteiger partial charge in [0.05, 0.1) is 0 Å². The van der Waals surface area contributed by atoms with Gasteiger partial charge in [0.25, 0.3) is 0 Å². The van der Waals surface area contributed by atoms with Crippen LogP contribution in [0.3, 0.4) is 0 Å². The van der Waals surface area contributed by atoms with Crippen LogP contribution in [0.5, 0.6) is 0 Å². The molecule has 1 aliphatic rings. The maximum atomic E-state index is 2.35. The molecule has 0 aliphatic heterocycles. The van der Waals surface area contributed by atoms with E-state index in [1.54, 1.807) is 22.5 Å². The second-order valence-corrected chi connectivity index (χ2v) is 8.06. The Morgan fingerprint density at radius 3 is 1.83 bits per heavy atom. The van der Waals surface area contributed by atoms with Crippen molar-refractivity contribution in [1.29, 1.82) is 0 Å². The molecule has 0 nitrogen and oxygen atoms in total. The predicted molar refractivity (Wildman–Crippen MR) is 129 cm³/mol. The summed E-state index contributed by atoms with van der Waals surface area (Å²) in [6.07, 6.45) is 5.22. The van der Waals surface area contributed by atoms with Crippen LogP contribution in [0, 0.1) is 0 Å². The molecule has 1 heterocycles. The zero-order valence-corrected chi connectivity index (χ0v) is 17.4. The Bertz CT molecular complexity index is 1100. The molecule has 1 heteroatoms. The Labute approximate surface area is 177 Å². The van der Waals surface area contributed by atoms with Crippen molar-refractivity contribution >= 4 is 32.9 Å². The lowest BCUT2D eigenvalue weighted by Gasteiger charge is -2.18. The summed E-state index contributed by atoms with van der Waals surface area (Å²) in [5.41, 5.74) is 3.17. The number of aryl methyl sites for hydroxylation is 2. The van der Waals surface area contributed by atoms with Gasteiger partial charge in [-0.3, -0.25) is 0 Å². The van der Waals surface area contributed by atoms with Gasteiger partial charge >= 0.3 is 0 Å². The van der Waals surface area contributed by atoms with Crippen LogP contribution >= 0.6 is 11.3 Å². The molecule has 0 spiro atoms. The van der Waals surface area contributed by atoms with Gasteiger partial charge in [-0.2, -0.15) is 11.3 Å². The Balaban J connectivity index is 0.000000152. The van der Waals surface area contributed by atoms with Crippen LogP contribution in [0.4, 0.5) is 0 Å². The van der Waals surface area contributed by atoms with E-state index in [0.717, 1.165) is 0 Å². The Morgan fingerprint density at radius 1 is 0.483 bits per heavy atom. The lowest BCUT2D eigenvalue weighted by molar-refractivity contribution is 0.690. The first-order valence-electron chi connectivity index (χ1n) is 10.3. The number of hydrogen-bond donors (Lipinski definition) is 0. The molecule has 0 N–H and O–H groups in total. The Kier molecular flexibility index (Phi) is 6.72. The predicted octanol–water partition coefficient (Wildman–Crippen LogP) is 8.31. The van der Waals surface area contributed by atoms with E-state index in [2.05, 4.69) is 48.5 Å². The van der Waals surface area contributed by atoms with Gasteiger partial charge in [-0.25, -0.2) is 0 Å². The molecule has 0 saturated carbocycles. The average Bonchev–Trinajstić information content (AvgIpc) is 3.41. The molecule has 4 aromatic carbocycles. The highest BCUT2D eigenvalue weighted by Crippen LogP contribution is 2.33. The molecule has 144 valence electrons. The number of rotatable bonds is 0. The highest BCUT2D eigenvalue weighted by Gasteiger charge is 2.13. The topological polar surface area (TPSA) is 0 Å². The number of fused-ring (bicyclic) bond motifs is 5. The largest absolute Gasteiger partial charge is 0.152 e. The maximum Gasteiger partial charge on any atom is -0.00934 e. The van der Waals surface area contributed by atoms with Crippen LogP contribution in [0.1, 0.15) is 24.0 Å². The second-order valence-electron chi connectivity index (χ2n) is 7.24. The van der Waals surface area contributed by atoms with E-state index >= 15 is 0 Å². The molecule has 0 atom stereocenters. The molecule has 1 aliphatic carbocycles. The SMILES string of the molecule is c1ccc2c(c1)ccc1c3c(ccc12)CCCC3.c1ccccc1.c1ccsc1. The van der Waals surface area contributed by atoms with Gasteiger partial charge < -0.3 is 0 Å². The Morgan fingerprint density at radius 2 is 1.14 bits per heavy atom. The van der Waals surface area contributed by atoms with Crippen molar-refractivity contribution in [2.75, 3.05) is 0 Å². The summed E-state index contributed by atoms with van der Waals surface area (Å²) in [6.45, 7) is 0. The van der Waals surface area contributed by atoms with Crippen LogP contribution < -0.4 is 0 Å². The minimum atomic E-state index is 1.25. The molecule has 0 saturated heterocycles. The van der Waals surface area contributed by atoms with E-state index in [0.29, 0.717) is 0 Å². The average molecular weight is 395 g/mol. The molecule has 5 aromatic rings. The van der Waals surface area contributed by atoms with Crippen molar-refractivity contribution in [1.82, 2.24) is 0 Å². The molecule has 29 heavy (non-hydrogen) atoms. The van der Waals surface area contributed by atoms with Crippen molar-refractivity contribution in [3.63, 3.8) is 0 Å². The first kappa shape index (κ1) is 19.4. The van der Waals surface area contributed by atoms with E-state index in [4.69, 9.17) is 0 Å². The fraction of sp³-hybridized carbons (Fsp3) is 0.143. The van der Waals surface area contributed by atoms with Gasteiger partial charge in [0.2, 0.25) is 0 Å². The quantitative estimate of drug-likeness (QED) is 0.232. The molecule has 0 unspecified atom stereocenters. The summed E-state index contributed by atoms with van der Waals surface area (Å²) >= 11 is 1.71. The minimum Gasteiger partial charge on any atom is -0.152 e. The number of benzene rings is 4. The third-order valence-corrected chi connectivity index (χ3v) is 5.98. The third kappa shape index (κ3) is 4.93. The number of thiophene rings is 1. The van der Waals surface area contributed by atoms with E-state index in [9.17, 15) is 0 Å². The van der Waals surface area contributed by atoms with Crippen molar-refractivity contribution in [3.05, 3.63) is 119 Å². The molecule has 0 bridgehead atoms. The van der Waals surface area contributed by atoms with E-state index in [-0.39, 0.29) is 0 Å². The fourth-order valence-electron chi connectivity index (χ4n) is 3.95. The highest BCUT2D eigenvalue weighted by molar-refractivity contribution is 7.07. The molecular weight excluding hydrogens is 368 g/mol. The van der Waals surface area contributed by atoms with Gasteiger partial charge in [0, 0.05) is 0 Å². The smallest absolute Gasteiger partial charge is 0.00934 e. The Hall–Kier alpha value is -2.90. The lowest BCUT2D eigenvalue weighted by atomic mass is 9.86. The van der Waals surface area contributed by atoms with Crippen molar-refractivity contribution in [2.24, 2.45) is 0 Å². The zero-order valence-electron chi connectivity index (χ0n) is 16.6. The molecule has 0 radical (unpaired) electrons. The van der Waals surface area contributed by atoms with Crippen LogP contribution in [0.25, 0.3) is 21.5 Å². The molecular formula is C28H26S. The fourth-order valence-corrected chi connectivity index (χ4v) is 4.41. The van der Waals surface area contributed by atoms with Gasteiger partial charge in [-0.15, -0.1) is 0 Å². The zero-order chi connectivity index (χ0) is 19.7. The first-order chi connectivity index (χ1) is 14.4. The first-order valence-corrected chi connectivity index (χ1v) is 11.3. The normalized spacial score (nSPS) is 12.3. The lowest BCUT2D eigenvalue weighted by Crippen LogP contribution is -2.02.